The van der Waals surface area contributed by atoms with Crippen LogP contribution in [0.25, 0.3) is 0 Å². The standard InChI is InChI=1S/C30H39N7O5/c1-19(2)8-29(39)37-13-22(14-37)35-28-9-26(33-17-34-28)30(40)32-10-23(38)15-36-7-6-25-20(3)27(5-4-21(25)12-36)41-16-24-11-31-18-42-24/h4-5,9,11,17-19,22-23,38H,6-8,10,12-16H2,1-3H3,(H,32,40)(H,33,34,35). The predicted molar refractivity (Wildman–Crippen MR) is 155 cm³/mol. The SMILES string of the molecule is Cc1c(OCc2cnco2)ccc2c1CCN(CC(O)CNC(=O)c1cc(NC3CN(C(=O)CC(C)C)C3)ncn1)C2. The third-order valence-corrected chi connectivity index (χ3v) is 7.61. The van der Waals surface area contributed by atoms with Gasteiger partial charge in [0, 0.05) is 51.8 Å². The van der Waals surface area contributed by atoms with Gasteiger partial charge in [-0.3, -0.25) is 14.5 Å². The van der Waals surface area contributed by atoms with Crippen molar-refractivity contribution in [1.29, 1.82) is 0 Å². The Labute approximate surface area is 245 Å². The third-order valence-electron chi connectivity index (χ3n) is 7.61. The molecule has 42 heavy (non-hydrogen) atoms. The van der Waals surface area contributed by atoms with Gasteiger partial charge in [-0.1, -0.05) is 19.9 Å². The Hall–Kier alpha value is -4.03. The molecule has 224 valence electrons. The topological polar surface area (TPSA) is 146 Å². The van der Waals surface area contributed by atoms with Gasteiger partial charge in [-0.15, -0.1) is 0 Å². The largest absolute Gasteiger partial charge is 0.485 e. The van der Waals surface area contributed by atoms with Crippen LogP contribution in [-0.2, 0) is 24.4 Å². The first-order valence-corrected chi connectivity index (χ1v) is 14.4. The fourth-order valence-electron chi connectivity index (χ4n) is 5.34. The lowest BCUT2D eigenvalue weighted by molar-refractivity contribution is -0.135. The number of β-amino-alcohol motifs (C(OH)–C–C–N with tert-alkyl or cyclic N) is 1. The number of oxazole rings is 1. The molecule has 0 spiro atoms. The molecule has 0 radical (unpaired) electrons. The van der Waals surface area contributed by atoms with Crippen molar-refractivity contribution in [3.8, 4) is 5.75 Å². The Bertz CT molecular complexity index is 1370. The first-order chi connectivity index (χ1) is 20.2. The van der Waals surface area contributed by atoms with Crippen molar-refractivity contribution in [3.63, 3.8) is 0 Å². The lowest BCUT2D eigenvalue weighted by Gasteiger charge is -2.40. The smallest absolute Gasteiger partial charge is 0.270 e. The highest BCUT2D eigenvalue weighted by Crippen LogP contribution is 2.30. The maximum atomic E-state index is 12.7. The monoisotopic (exact) mass is 577 g/mol. The molecule has 0 saturated carbocycles. The molecule has 3 N–H and O–H groups in total. The number of amides is 2. The summed E-state index contributed by atoms with van der Waals surface area (Å²) in [6.07, 6.45) is 5.03. The summed E-state index contributed by atoms with van der Waals surface area (Å²) in [5.74, 6) is 2.15. The van der Waals surface area contributed by atoms with E-state index < -0.39 is 6.10 Å². The van der Waals surface area contributed by atoms with Gasteiger partial charge < -0.3 is 29.8 Å². The van der Waals surface area contributed by atoms with Gasteiger partial charge in [-0.25, -0.2) is 15.0 Å². The number of aliphatic hydroxyl groups is 1. The van der Waals surface area contributed by atoms with E-state index in [1.54, 1.807) is 12.3 Å². The van der Waals surface area contributed by atoms with Crippen molar-refractivity contribution in [2.45, 2.75) is 58.9 Å². The molecular formula is C30H39N7O5. The molecule has 1 unspecified atom stereocenters. The van der Waals surface area contributed by atoms with Crippen LogP contribution >= 0.6 is 0 Å². The van der Waals surface area contributed by atoms with Gasteiger partial charge >= 0.3 is 0 Å². The maximum Gasteiger partial charge on any atom is 0.270 e. The van der Waals surface area contributed by atoms with Crippen molar-refractivity contribution in [2.24, 2.45) is 5.92 Å². The van der Waals surface area contributed by atoms with Crippen LogP contribution in [0.1, 0.15) is 53.2 Å². The Balaban J connectivity index is 1.05. The second-order valence-electron chi connectivity index (χ2n) is 11.5. The van der Waals surface area contributed by atoms with Crippen LogP contribution in [0.2, 0.25) is 0 Å². The zero-order valence-corrected chi connectivity index (χ0v) is 24.4. The summed E-state index contributed by atoms with van der Waals surface area (Å²) in [5.41, 5.74) is 3.82. The van der Waals surface area contributed by atoms with E-state index in [0.29, 0.717) is 56.7 Å². The second kappa shape index (κ2) is 13.3. The zero-order valence-electron chi connectivity index (χ0n) is 24.4. The Kier molecular flexibility index (Phi) is 9.33. The van der Waals surface area contributed by atoms with Gasteiger partial charge in [0.15, 0.2) is 12.2 Å². The number of fused-ring (bicyclic) bond motifs is 1. The Morgan fingerprint density at radius 2 is 2.07 bits per heavy atom. The predicted octanol–water partition coefficient (Wildman–Crippen LogP) is 2.17. The fraction of sp³-hybridized carbons (Fsp3) is 0.500. The summed E-state index contributed by atoms with van der Waals surface area (Å²) in [6, 6.07) is 5.73. The van der Waals surface area contributed by atoms with Crippen LogP contribution < -0.4 is 15.4 Å². The lowest BCUT2D eigenvalue weighted by atomic mass is 9.94. The summed E-state index contributed by atoms with van der Waals surface area (Å²) in [4.78, 5) is 41.1. The lowest BCUT2D eigenvalue weighted by Crippen LogP contribution is -2.57. The van der Waals surface area contributed by atoms with Crippen molar-refractivity contribution in [3.05, 3.63) is 65.3 Å². The molecule has 2 aliphatic rings. The minimum Gasteiger partial charge on any atom is -0.485 e. The molecule has 2 aromatic heterocycles. The van der Waals surface area contributed by atoms with Crippen LogP contribution in [0.15, 0.2) is 41.5 Å². The number of rotatable bonds is 12. The number of benzene rings is 1. The van der Waals surface area contributed by atoms with Crippen molar-refractivity contribution in [2.75, 3.05) is 38.0 Å². The van der Waals surface area contributed by atoms with E-state index in [9.17, 15) is 14.7 Å². The molecule has 3 aromatic rings. The molecule has 12 nitrogen and oxygen atoms in total. The summed E-state index contributed by atoms with van der Waals surface area (Å²) in [6.45, 7) is 9.75. The second-order valence-corrected chi connectivity index (χ2v) is 11.5. The average molecular weight is 578 g/mol. The van der Waals surface area contributed by atoms with E-state index in [1.165, 1.54) is 23.8 Å². The van der Waals surface area contributed by atoms with Gasteiger partial charge in [0.25, 0.3) is 5.91 Å². The number of aliphatic hydroxyl groups excluding tert-OH is 1. The van der Waals surface area contributed by atoms with Gasteiger partial charge in [-0.05, 0) is 42.0 Å². The van der Waals surface area contributed by atoms with Crippen molar-refractivity contribution in [1.82, 2.24) is 30.1 Å². The fourth-order valence-corrected chi connectivity index (χ4v) is 5.34. The minimum absolute atomic E-state index is 0.0885. The number of carbonyl (C=O) groups is 2. The highest BCUT2D eigenvalue weighted by molar-refractivity contribution is 5.92. The quantitative estimate of drug-likeness (QED) is 0.293. The van der Waals surface area contributed by atoms with Crippen LogP contribution in [0.3, 0.4) is 0 Å². The van der Waals surface area contributed by atoms with Crippen LogP contribution in [0.5, 0.6) is 5.75 Å². The highest BCUT2D eigenvalue weighted by atomic mass is 16.5. The van der Waals surface area contributed by atoms with E-state index in [2.05, 4.69) is 43.5 Å². The number of hydrogen-bond donors (Lipinski definition) is 3. The molecule has 2 aliphatic heterocycles. The number of aromatic nitrogens is 3. The first-order valence-electron chi connectivity index (χ1n) is 14.4. The Morgan fingerprint density at radius 1 is 1.24 bits per heavy atom. The van der Waals surface area contributed by atoms with E-state index in [0.717, 1.165) is 24.3 Å². The molecule has 5 rings (SSSR count). The zero-order chi connectivity index (χ0) is 29.6. The average Bonchev–Trinajstić information content (AvgIpc) is 3.46. The molecule has 1 aromatic carbocycles. The first kappa shape index (κ1) is 29.5. The summed E-state index contributed by atoms with van der Waals surface area (Å²) < 4.78 is 11.2. The molecular weight excluding hydrogens is 538 g/mol. The summed E-state index contributed by atoms with van der Waals surface area (Å²) in [7, 11) is 0. The molecule has 1 atom stereocenters. The molecule has 2 amide bonds. The van der Waals surface area contributed by atoms with Crippen LogP contribution in [0.4, 0.5) is 5.82 Å². The van der Waals surface area contributed by atoms with Crippen molar-refractivity contribution >= 4 is 17.6 Å². The van der Waals surface area contributed by atoms with Gasteiger partial charge in [0.05, 0.1) is 18.3 Å². The maximum absolute atomic E-state index is 12.7. The van der Waals surface area contributed by atoms with E-state index in [1.807, 2.05) is 24.8 Å². The molecule has 0 aliphatic carbocycles. The summed E-state index contributed by atoms with van der Waals surface area (Å²) in [5, 5.41) is 16.7. The highest BCUT2D eigenvalue weighted by Gasteiger charge is 2.31. The molecule has 4 heterocycles. The molecule has 12 heteroatoms. The van der Waals surface area contributed by atoms with E-state index in [-0.39, 0.29) is 30.1 Å². The molecule has 1 saturated heterocycles. The number of carbonyl (C=O) groups excluding carboxylic acids is 2. The van der Waals surface area contributed by atoms with Gasteiger partial charge in [0.1, 0.15) is 30.2 Å². The van der Waals surface area contributed by atoms with Crippen LogP contribution in [-0.4, -0.2) is 86.5 Å². The normalized spacial score (nSPS) is 16.1. The van der Waals surface area contributed by atoms with E-state index in [4.69, 9.17) is 9.15 Å². The number of nitrogens with zero attached hydrogens (tertiary/aromatic N) is 5. The number of ether oxygens (including phenoxy) is 1. The third kappa shape index (κ3) is 7.42. The van der Waals surface area contributed by atoms with Gasteiger partial charge in [0.2, 0.25) is 5.91 Å². The summed E-state index contributed by atoms with van der Waals surface area (Å²) >= 11 is 0. The molecule has 0 bridgehead atoms. The minimum atomic E-state index is -0.732. The number of likely N-dealkylation sites (tertiary alicyclic amines) is 1. The van der Waals surface area contributed by atoms with Crippen molar-refractivity contribution < 1.29 is 23.8 Å². The van der Waals surface area contributed by atoms with E-state index >= 15 is 0 Å². The number of nitrogens with one attached hydrogen (secondary N) is 2. The van der Waals surface area contributed by atoms with Crippen LogP contribution in [0, 0.1) is 12.8 Å². The molecule has 1 fully saturated rings. The van der Waals surface area contributed by atoms with Gasteiger partial charge in [-0.2, -0.15) is 0 Å². The number of anilines is 1. The Morgan fingerprint density at radius 3 is 2.83 bits per heavy atom. The number of hydrogen-bond acceptors (Lipinski definition) is 10.